The number of aryl methyl sites for hydroxylation is 2. The molecule has 0 saturated heterocycles. The zero-order valence-electron chi connectivity index (χ0n) is 22.1. The number of fused-ring (bicyclic) bond motifs is 2. The van der Waals surface area contributed by atoms with Crippen molar-refractivity contribution in [2.24, 2.45) is 0 Å². The summed E-state index contributed by atoms with van der Waals surface area (Å²) in [6.45, 7) is 4.24. The van der Waals surface area contributed by atoms with Crippen LogP contribution < -0.4 is 0 Å². The second-order valence-corrected chi connectivity index (χ2v) is 14.4. The summed E-state index contributed by atoms with van der Waals surface area (Å²) in [4.78, 5) is 32.1. The van der Waals surface area contributed by atoms with Crippen LogP contribution >= 0.6 is 21.8 Å². The Balaban J connectivity index is 1.32. The lowest BCUT2D eigenvalue weighted by Crippen LogP contribution is -2.20. The predicted molar refractivity (Wildman–Crippen MR) is 161 cm³/mol. The first-order chi connectivity index (χ1) is 18.8. The third-order valence-electron chi connectivity index (χ3n) is 7.41. The lowest BCUT2D eigenvalue weighted by atomic mass is 9.84. The van der Waals surface area contributed by atoms with Gasteiger partial charge in [-0.15, -0.1) is 0 Å². The molecule has 0 atom stereocenters. The lowest BCUT2D eigenvalue weighted by molar-refractivity contribution is 0.0979. The molecule has 0 bridgehead atoms. The standard InChI is InChI=1S/C35H28O2S2/c1-23-8-15-27(16-9-23)39(3,28-17-10-24(2)11-18-28)29-19-12-25(13-20-29)38-26-14-21-32-33(22-26)35(37)31-7-5-4-6-30(31)34(32)36/h4-22H,1-3H3. The van der Waals surface area contributed by atoms with Gasteiger partial charge in [0.05, 0.1) is 0 Å². The summed E-state index contributed by atoms with van der Waals surface area (Å²) in [6.07, 6.45) is 2.37. The van der Waals surface area contributed by atoms with Crippen LogP contribution in [0.25, 0.3) is 0 Å². The fraction of sp³-hybridized carbons (Fsp3) is 0.0857. The second kappa shape index (κ2) is 10.0. The van der Waals surface area contributed by atoms with Gasteiger partial charge < -0.3 is 0 Å². The Labute approximate surface area is 235 Å². The summed E-state index contributed by atoms with van der Waals surface area (Å²) < 4.78 is 0. The van der Waals surface area contributed by atoms with Gasteiger partial charge in [0.1, 0.15) is 0 Å². The van der Waals surface area contributed by atoms with Crippen LogP contribution in [0.3, 0.4) is 0 Å². The van der Waals surface area contributed by atoms with E-state index < -0.39 is 10.0 Å². The molecule has 6 rings (SSSR count). The van der Waals surface area contributed by atoms with E-state index in [9.17, 15) is 9.59 Å². The highest BCUT2D eigenvalue weighted by Crippen LogP contribution is 2.65. The van der Waals surface area contributed by atoms with Crippen molar-refractivity contribution in [2.45, 2.75) is 38.3 Å². The Morgan fingerprint density at radius 1 is 0.487 bits per heavy atom. The summed E-state index contributed by atoms with van der Waals surface area (Å²) in [6, 6.07) is 39.3. The number of benzene rings is 5. The highest BCUT2D eigenvalue weighted by atomic mass is 32.3. The van der Waals surface area contributed by atoms with E-state index in [4.69, 9.17) is 0 Å². The summed E-state index contributed by atoms with van der Waals surface area (Å²) >= 11 is 1.61. The maximum absolute atomic E-state index is 13.2. The van der Waals surface area contributed by atoms with Crippen molar-refractivity contribution in [2.75, 3.05) is 6.26 Å². The van der Waals surface area contributed by atoms with Gasteiger partial charge in [-0.05, 0) is 102 Å². The van der Waals surface area contributed by atoms with Gasteiger partial charge in [-0.25, -0.2) is 0 Å². The molecule has 5 aromatic carbocycles. The Kier molecular flexibility index (Phi) is 6.54. The van der Waals surface area contributed by atoms with Crippen LogP contribution in [0.4, 0.5) is 0 Å². The van der Waals surface area contributed by atoms with Crippen LogP contribution in [0.5, 0.6) is 0 Å². The van der Waals surface area contributed by atoms with Crippen molar-refractivity contribution in [1.82, 2.24) is 0 Å². The number of hydrogen-bond acceptors (Lipinski definition) is 3. The number of ketones is 2. The molecule has 0 N–H and O–H groups in total. The van der Waals surface area contributed by atoms with E-state index in [-0.39, 0.29) is 11.6 Å². The minimum Gasteiger partial charge on any atom is -0.289 e. The number of hydrogen-bond donors (Lipinski definition) is 0. The molecular formula is C35H28O2S2. The monoisotopic (exact) mass is 544 g/mol. The van der Waals surface area contributed by atoms with Gasteiger partial charge in [-0.2, -0.15) is 10.0 Å². The molecule has 0 aliphatic heterocycles. The molecule has 0 spiro atoms. The van der Waals surface area contributed by atoms with Gasteiger partial charge in [0.15, 0.2) is 11.6 Å². The molecule has 4 heteroatoms. The van der Waals surface area contributed by atoms with Crippen LogP contribution in [0.15, 0.2) is 140 Å². The molecule has 1 aliphatic carbocycles. The first-order valence-electron chi connectivity index (χ1n) is 12.9. The van der Waals surface area contributed by atoms with Gasteiger partial charge in [0.2, 0.25) is 0 Å². The zero-order valence-corrected chi connectivity index (χ0v) is 23.7. The average Bonchev–Trinajstić information content (AvgIpc) is 2.96. The van der Waals surface area contributed by atoms with Gasteiger partial charge in [-0.3, -0.25) is 9.59 Å². The van der Waals surface area contributed by atoms with Gasteiger partial charge in [0, 0.05) is 32.0 Å². The molecule has 1 aliphatic rings. The molecule has 0 heterocycles. The van der Waals surface area contributed by atoms with Crippen molar-refractivity contribution >= 4 is 33.4 Å². The SMILES string of the molecule is Cc1ccc(S(C)(c2ccc(C)cc2)c2ccc(Sc3ccc4c(c3)C(=O)c3ccccc3C4=O)cc2)cc1. The van der Waals surface area contributed by atoms with E-state index in [1.165, 1.54) is 25.8 Å². The van der Waals surface area contributed by atoms with E-state index in [2.05, 4.69) is 92.9 Å². The maximum Gasteiger partial charge on any atom is 0.194 e. The first kappa shape index (κ1) is 25.4. The normalized spacial score (nSPS) is 13.1. The topological polar surface area (TPSA) is 34.1 Å². The Morgan fingerprint density at radius 2 is 0.897 bits per heavy atom. The number of carbonyl (C=O) groups excluding carboxylic acids is 2. The molecule has 0 radical (unpaired) electrons. The van der Waals surface area contributed by atoms with Gasteiger partial charge >= 0.3 is 0 Å². The largest absolute Gasteiger partial charge is 0.289 e. The Hall–Kier alpha value is -3.86. The van der Waals surface area contributed by atoms with Crippen molar-refractivity contribution < 1.29 is 9.59 Å². The molecule has 0 unspecified atom stereocenters. The van der Waals surface area contributed by atoms with Gasteiger partial charge in [-0.1, -0.05) is 71.4 Å². The number of carbonyl (C=O) groups is 2. The fourth-order valence-corrected chi connectivity index (χ4v) is 8.80. The van der Waals surface area contributed by atoms with E-state index >= 15 is 0 Å². The lowest BCUT2D eigenvalue weighted by Gasteiger charge is -2.38. The van der Waals surface area contributed by atoms with E-state index in [0.717, 1.165) is 9.79 Å². The van der Waals surface area contributed by atoms with Crippen molar-refractivity contribution in [3.8, 4) is 0 Å². The quantitative estimate of drug-likeness (QED) is 0.217. The zero-order chi connectivity index (χ0) is 27.1. The predicted octanol–water partition coefficient (Wildman–Crippen LogP) is 9.14. The molecule has 0 aromatic heterocycles. The van der Waals surface area contributed by atoms with Crippen LogP contribution in [0.2, 0.25) is 0 Å². The summed E-state index contributed by atoms with van der Waals surface area (Å²) in [5.74, 6) is -0.177. The minimum absolute atomic E-state index is 0.0874. The van der Waals surface area contributed by atoms with Crippen molar-refractivity contribution in [1.29, 1.82) is 0 Å². The van der Waals surface area contributed by atoms with E-state index in [1.54, 1.807) is 42.1 Å². The number of rotatable bonds is 5. The highest BCUT2D eigenvalue weighted by molar-refractivity contribution is 8.33. The third kappa shape index (κ3) is 4.54. The van der Waals surface area contributed by atoms with Crippen LogP contribution in [-0.4, -0.2) is 17.8 Å². The molecule has 192 valence electrons. The van der Waals surface area contributed by atoms with Crippen LogP contribution in [-0.2, 0) is 0 Å². The molecular weight excluding hydrogens is 517 g/mol. The minimum atomic E-state index is -1.44. The summed E-state index contributed by atoms with van der Waals surface area (Å²) in [7, 11) is -1.44. The Bertz CT molecular complexity index is 1670. The Morgan fingerprint density at radius 3 is 1.41 bits per heavy atom. The van der Waals surface area contributed by atoms with Crippen molar-refractivity contribution in [3.05, 3.63) is 149 Å². The first-order valence-corrected chi connectivity index (χ1v) is 15.7. The molecule has 0 amide bonds. The summed E-state index contributed by atoms with van der Waals surface area (Å²) in [5.41, 5.74) is 4.44. The highest BCUT2D eigenvalue weighted by Gasteiger charge is 2.30. The van der Waals surface area contributed by atoms with E-state index in [1.807, 2.05) is 12.1 Å². The van der Waals surface area contributed by atoms with Gasteiger partial charge in [0.25, 0.3) is 0 Å². The molecule has 0 saturated carbocycles. The maximum atomic E-state index is 13.2. The smallest absolute Gasteiger partial charge is 0.194 e. The van der Waals surface area contributed by atoms with Crippen LogP contribution in [0.1, 0.15) is 43.0 Å². The van der Waals surface area contributed by atoms with Crippen molar-refractivity contribution in [3.63, 3.8) is 0 Å². The second-order valence-electron chi connectivity index (χ2n) is 10.0. The average molecular weight is 545 g/mol. The molecule has 0 fully saturated rings. The summed E-state index contributed by atoms with van der Waals surface area (Å²) in [5, 5.41) is 0. The molecule has 2 nitrogen and oxygen atoms in total. The molecule has 5 aromatic rings. The third-order valence-corrected chi connectivity index (χ3v) is 12.1. The van der Waals surface area contributed by atoms with E-state index in [0.29, 0.717) is 22.3 Å². The molecule has 39 heavy (non-hydrogen) atoms. The fourth-order valence-electron chi connectivity index (χ4n) is 5.09. The van der Waals surface area contributed by atoms with Crippen LogP contribution in [0, 0.1) is 13.8 Å².